The van der Waals surface area contributed by atoms with Gasteiger partial charge in [-0.2, -0.15) is 0 Å². The molecule has 0 radical (unpaired) electrons. The number of hydrogen-bond acceptors (Lipinski definition) is 3. The fraction of sp³-hybridized carbons (Fsp3) is 0.548. The van der Waals surface area contributed by atoms with Crippen molar-refractivity contribution < 1.29 is 10.2 Å². The Hall–Kier alpha value is -2.46. The van der Waals surface area contributed by atoms with E-state index in [1.807, 2.05) is 18.2 Å². The molecule has 3 aromatic rings. The molecular formula is C31H42N2O2. The maximum absolute atomic E-state index is 10.1. The highest BCUT2D eigenvalue weighted by atomic mass is 16.3. The molecule has 4 heteroatoms. The first-order valence-corrected chi connectivity index (χ1v) is 14.0. The molecule has 0 spiro atoms. The minimum absolute atomic E-state index is 0.289. The van der Waals surface area contributed by atoms with E-state index in [-0.39, 0.29) is 5.75 Å². The molecule has 0 atom stereocenters. The summed E-state index contributed by atoms with van der Waals surface area (Å²) < 4.78 is 2.43. The molecule has 2 N–H and O–H groups in total. The first-order valence-electron chi connectivity index (χ1n) is 14.0. The lowest BCUT2D eigenvalue weighted by Gasteiger charge is -2.42. The third kappa shape index (κ3) is 5.38. The summed E-state index contributed by atoms with van der Waals surface area (Å²) in [5.41, 5.74) is 4.68. The van der Waals surface area contributed by atoms with Crippen molar-refractivity contribution in [3.8, 4) is 22.8 Å². The summed E-state index contributed by atoms with van der Waals surface area (Å²) >= 11 is 0. The minimum atomic E-state index is 0.289. The Bertz CT molecular complexity index is 1090. The smallest absolute Gasteiger partial charge is 0.116 e. The lowest BCUT2D eigenvalue weighted by molar-refractivity contribution is 0.0787. The highest BCUT2D eigenvalue weighted by molar-refractivity contribution is 5.92. The molecule has 35 heavy (non-hydrogen) atoms. The zero-order valence-electron chi connectivity index (χ0n) is 21.4. The largest absolute Gasteiger partial charge is 0.508 e. The van der Waals surface area contributed by atoms with Crippen molar-refractivity contribution >= 4 is 10.9 Å². The van der Waals surface area contributed by atoms with E-state index in [9.17, 15) is 10.2 Å². The van der Waals surface area contributed by atoms with E-state index < -0.39 is 0 Å². The predicted molar refractivity (Wildman–Crippen MR) is 145 cm³/mol. The van der Waals surface area contributed by atoms with Gasteiger partial charge in [0.05, 0.1) is 5.69 Å². The van der Waals surface area contributed by atoms with E-state index in [1.165, 1.54) is 93.9 Å². The number of phenolic OH excluding ortho intramolecular Hbond substituents is 2. The second-order valence-electron chi connectivity index (χ2n) is 10.9. The number of unbranched alkanes of at least 4 members (excludes halogenated alkanes) is 1. The highest BCUT2D eigenvalue weighted by Gasteiger charge is 2.28. The van der Waals surface area contributed by atoms with Gasteiger partial charge in [0.25, 0.3) is 0 Å². The van der Waals surface area contributed by atoms with Crippen molar-refractivity contribution in [1.82, 2.24) is 9.47 Å². The van der Waals surface area contributed by atoms with Crippen LogP contribution in [0, 0.1) is 6.92 Å². The Balaban J connectivity index is 1.34. The molecule has 0 unspecified atom stereocenters. The minimum Gasteiger partial charge on any atom is -0.508 e. The maximum Gasteiger partial charge on any atom is 0.116 e. The van der Waals surface area contributed by atoms with Crippen molar-refractivity contribution in [2.24, 2.45) is 0 Å². The number of aromatic nitrogens is 1. The fourth-order valence-corrected chi connectivity index (χ4v) is 6.79. The third-order valence-corrected chi connectivity index (χ3v) is 8.58. The van der Waals surface area contributed by atoms with Gasteiger partial charge in [0.1, 0.15) is 11.5 Å². The normalized spacial score (nSPS) is 18.0. The monoisotopic (exact) mass is 474 g/mol. The predicted octanol–water partition coefficient (Wildman–Crippen LogP) is 7.78. The van der Waals surface area contributed by atoms with E-state index >= 15 is 0 Å². The first kappa shape index (κ1) is 24.2. The molecule has 2 aliphatic carbocycles. The first-order chi connectivity index (χ1) is 17.1. The molecule has 0 bridgehead atoms. The molecule has 0 amide bonds. The third-order valence-electron chi connectivity index (χ3n) is 8.58. The van der Waals surface area contributed by atoms with Crippen LogP contribution in [0.25, 0.3) is 22.2 Å². The van der Waals surface area contributed by atoms with Gasteiger partial charge in [-0.05, 0) is 106 Å². The Kier molecular flexibility index (Phi) is 7.67. The molecule has 1 heterocycles. The number of hydrogen-bond donors (Lipinski definition) is 2. The van der Waals surface area contributed by atoms with Crippen LogP contribution in [-0.2, 0) is 6.54 Å². The summed E-state index contributed by atoms with van der Waals surface area (Å²) in [4.78, 5) is 2.93. The molecule has 188 valence electrons. The van der Waals surface area contributed by atoms with Crippen LogP contribution in [0.4, 0.5) is 0 Å². The molecule has 0 aliphatic heterocycles. The summed E-state index contributed by atoms with van der Waals surface area (Å²) in [7, 11) is 0. The van der Waals surface area contributed by atoms with E-state index in [0.29, 0.717) is 5.75 Å². The van der Waals surface area contributed by atoms with Gasteiger partial charge in [-0.3, -0.25) is 4.90 Å². The highest BCUT2D eigenvalue weighted by Crippen LogP contribution is 2.36. The van der Waals surface area contributed by atoms with Crippen LogP contribution < -0.4 is 0 Å². The number of aryl methyl sites for hydroxylation is 2. The topological polar surface area (TPSA) is 48.6 Å². The molecule has 2 saturated carbocycles. The second-order valence-corrected chi connectivity index (χ2v) is 10.9. The summed E-state index contributed by atoms with van der Waals surface area (Å²) in [5, 5.41) is 21.1. The number of benzene rings is 2. The molecule has 2 fully saturated rings. The molecule has 5 rings (SSSR count). The number of aromatic hydroxyl groups is 2. The van der Waals surface area contributed by atoms with Crippen molar-refractivity contribution in [2.75, 3.05) is 6.54 Å². The zero-order valence-corrected chi connectivity index (χ0v) is 21.4. The molecular weight excluding hydrogens is 432 g/mol. The second kappa shape index (κ2) is 11.1. The summed E-state index contributed by atoms with van der Waals surface area (Å²) in [6.45, 7) is 4.34. The van der Waals surface area contributed by atoms with E-state index in [0.717, 1.165) is 36.0 Å². The average Bonchev–Trinajstić information content (AvgIpc) is 3.16. The summed E-state index contributed by atoms with van der Waals surface area (Å²) in [6.07, 6.45) is 16.4. The zero-order chi connectivity index (χ0) is 24.2. The number of fused-ring (bicyclic) bond motifs is 1. The van der Waals surface area contributed by atoms with E-state index in [1.54, 1.807) is 18.2 Å². The van der Waals surface area contributed by atoms with Gasteiger partial charge in [0.15, 0.2) is 0 Å². The lowest BCUT2D eigenvalue weighted by Crippen LogP contribution is -2.45. The van der Waals surface area contributed by atoms with Gasteiger partial charge in [-0.1, -0.05) is 38.5 Å². The lowest BCUT2D eigenvalue weighted by atomic mass is 9.88. The van der Waals surface area contributed by atoms with Gasteiger partial charge in [0.2, 0.25) is 0 Å². The molecule has 4 nitrogen and oxygen atoms in total. The van der Waals surface area contributed by atoms with Crippen LogP contribution in [0.15, 0.2) is 42.5 Å². The van der Waals surface area contributed by atoms with Crippen LogP contribution in [0.5, 0.6) is 11.5 Å². The fourth-order valence-electron chi connectivity index (χ4n) is 6.79. The van der Waals surface area contributed by atoms with Crippen LogP contribution in [0.3, 0.4) is 0 Å². The maximum atomic E-state index is 10.1. The SMILES string of the molecule is Cc1c(-c2ccc(O)cc2)n(CCCCN(C2CCCCC2)C2CCCCC2)c2ccc(O)cc12. The van der Waals surface area contributed by atoms with Crippen LogP contribution in [0.1, 0.15) is 82.6 Å². The van der Waals surface area contributed by atoms with Gasteiger partial charge in [-0.15, -0.1) is 0 Å². The molecule has 2 aliphatic rings. The molecule has 2 aromatic carbocycles. The van der Waals surface area contributed by atoms with Crippen LogP contribution in [-0.4, -0.2) is 38.3 Å². The van der Waals surface area contributed by atoms with E-state index in [2.05, 4.69) is 22.5 Å². The van der Waals surface area contributed by atoms with Gasteiger partial charge in [-0.25, -0.2) is 0 Å². The van der Waals surface area contributed by atoms with Gasteiger partial charge < -0.3 is 14.8 Å². The van der Waals surface area contributed by atoms with Crippen LogP contribution in [0.2, 0.25) is 0 Å². The summed E-state index contributed by atoms with van der Waals surface area (Å²) in [5.74, 6) is 0.600. The van der Waals surface area contributed by atoms with Crippen molar-refractivity contribution in [3.05, 3.63) is 48.0 Å². The van der Waals surface area contributed by atoms with Gasteiger partial charge in [0, 0.05) is 29.5 Å². The summed E-state index contributed by atoms with van der Waals surface area (Å²) in [6, 6.07) is 14.9. The Morgan fingerprint density at radius 2 is 1.37 bits per heavy atom. The van der Waals surface area contributed by atoms with E-state index in [4.69, 9.17) is 0 Å². The molecule has 1 aromatic heterocycles. The van der Waals surface area contributed by atoms with Crippen molar-refractivity contribution in [2.45, 2.75) is 103 Å². The Morgan fingerprint density at radius 3 is 2.00 bits per heavy atom. The number of rotatable bonds is 8. The Morgan fingerprint density at radius 1 is 0.771 bits per heavy atom. The average molecular weight is 475 g/mol. The number of phenols is 2. The molecule has 0 saturated heterocycles. The quantitative estimate of drug-likeness (QED) is 0.328. The van der Waals surface area contributed by atoms with Crippen molar-refractivity contribution in [3.63, 3.8) is 0 Å². The van der Waals surface area contributed by atoms with Crippen LogP contribution >= 0.6 is 0 Å². The van der Waals surface area contributed by atoms with Gasteiger partial charge >= 0.3 is 0 Å². The Labute approximate surface area is 210 Å². The standard InChI is InChI=1S/C31H42N2O2/c1-23-29-22-28(35)18-19-30(29)33(31(23)24-14-16-27(34)17-15-24)21-9-8-20-32(25-10-4-2-5-11-25)26-12-6-3-7-13-26/h14-19,22,25-26,34-35H,2-13,20-21H2,1H3. The van der Waals surface area contributed by atoms with Crippen molar-refractivity contribution in [1.29, 1.82) is 0 Å². The number of nitrogens with zero attached hydrogens (tertiary/aromatic N) is 2.